The maximum Gasteiger partial charge on any atom is 0.161 e. The molecule has 4 nitrogen and oxygen atoms in total. The minimum atomic E-state index is 0.613. The third-order valence-electron chi connectivity index (χ3n) is 4.73. The van der Waals surface area contributed by atoms with Crippen molar-refractivity contribution in [2.75, 3.05) is 14.2 Å². The first-order valence-electron chi connectivity index (χ1n) is 8.81. The number of fused-ring (bicyclic) bond motifs is 1. The monoisotopic (exact) mass is 338 g/mol. The molecule has 3 aromatic rings. The van der Waals surface area contributed by atoms with Crippen molar-refractivity contribution in [1.82, 2.24) is 9.55 Å². The molecule has 1 heterocycles. The van der Waals surface area contributed by atoms with Crippen molar-refractivity contribution < 1.29 is 9.47 Å². The first kappa shape index (κ1) is 17.3. The molecule has 0 aliphatic rings. The van der Waals surface area contributed by atoms with Gasteiger partial charge in [0.25, 0.3) is 0 Å². The van der Waals surface area contributed by atoms with E-state index in [1.165, 1.54) is 11.1 Å². The molecule has 2 aromatic carbocycles. The molecule has 0 aliphatic carbocycles. The quantitative estimate of drug-likeness (QED) is 0.627. The molecule has 3 rings (SSSR count). The van der Waals surface area contributed by atoms with Crippen molar-refractivity contribution in [1.29, 1.82) is 0 Å². The zero-order valence-corrected chi connectivity index (χ0v) is 15.5. The molecule has 1 aromatic heterocycles. The fraction of sp³-hybridized carbons (Fsp3) is 0.381. The minimum absolute atomic E-state index is 0.613. The third kappa shape index (κ3) is 3.63. The molecule has 25 heavy (non-hydrogen) atoms. The van der Waals surface area contributed by atoms with Crippen LogP contribution in [0.4, 0.5) is 0 Å². The zero-order chi connectivity index (χ0) is 17.8. The standard InChI is InChI=1S/C21H26N2O2/c1-5-15(2)14-23-18-9-7-6-8-17(18)22-21(23)13-16-10-11-19(24-3)20(12-16)25-4/h6-12,15H,5,13-14H2,1-4H3. The van der Waals surface area contributed by atoms with Crippen LogP contribution in [-0.2, 0) is 13.0 Å². The smallest absolute Gasteiger partial charge is 0.161 e. The molecule has 0 radical (unpaired) electrons. The third-order valence-corrected chi connectivity index (χ3v) is 4.73. The van der Waals surface area contributed by atoms with E-state index in [0.717, 1.165) is 42.2 Å². The van der Waals surface area contributed by atoms with E-state index < -0.39 is 0 Å². The number of aromatic nitrogens is 2. The van der Waals surface area contributed by atoms with Crippen LogP contribution >= 0.6 is 0 Å². The highest BCUT2D eigenvalue weighted by atomic mass is 16.5. The van der Waals surface area contributed by atoms with E-state index in [1.54, 1.807) is 14.2 Å². The van der Waals surface area contributed by atoms with Gasteiger partial charge in [0.05, 0.1) is 25.3 Å². The summed E-state index contributed by atoms with van der Waals surface area (Å²) in [5, 5.41) is 0. The second kappa shape index (κ2) is 7.60. The van der Waals surface area contributed by atoms with Crippen LogP contribution in [0.1, 0.15) is 31.7 Å². The average molecular weight is 338 g/mol. The van der Waals surface area contributed by atoms with E-state index in [9.17, 15) is 0 Å². The summed E-state index contributed by atoms with van der Waals surface area (Å²) in [6.45, 7) is 5.51. The minimum Gasteiger partial charge on any atom is -0.493 e. The summed E-state index contributed by atoms with van der Waals surface area (Å²) < 4.78 is 13.1. The van der Waals surface area contributed by atoms with Crippen LogP contribution in [0.3, 0.4) is 0 Å². The number of benzene rings is 2. The Labute approximate surface area is 149 Å². The Morgan fingerprint density at radius 3 is 2.52 bits per heavy atom. The molecule has 0 saturated carbocycles. The van der Waals surface area contributed by atoms with Gasteiger partial charge in [-0.2, -0.15) is 0 Å². The zero-order valence-electron chi connectivity index (χ0n) is 15.5. The van der Waals surface area contributed by atoms with Crippen molar-refractivity contribution in [2.24, 2.45) is 5.92 Å². The van der Waals surface area contributed by atoms with E-state index in [2.05, 4.69) is 42.7 Å². The highest BCUT2D eigenvalue weighted by Gasteiger charge is 2.14. The lowest BCUT2D eigenvalue weighted by atomic mass is 10.1. The highest BCUT2D eigenvalue weighted by Crippen LogP contribution is 2.29. The molecular weight excluding hydrogens is 312 g/mol. The molecule has 0 aliphatic heterocycles. The second-order valence-corrected chi connectivity index (χ2v) is 6.51. The van der Waals surface area contributed by atoms with Gasteiger partial charge >= 0.3 is 0 Å². The lowest BCUT2D eigenvalue weighted by Gasteiger charge is -2.14. The second-order valence-electron chi connectivity index (χ2n) is 6.51. The number of para-hydroxylation sites is 2. The molecule has 132 valence electrons. The predicted octanol–water partition coefficient (Wildman–Crippen LogP) is 4.69. The summed E-state index contributed by atoms with van der Waals surface area (Å²) >= 11 is 0. The maximum absolute atomic E-state index is 5.43. The Morgan fingerprint density at radius 2 is 1.80 bits per heavy atom. The SMILES string of the molecule is CCC(C)Cn1c(Cc2ccc(OC)c(OC)c2)nc2ccccc21. The molecule has 0 saturated heterocycles. The number of imidazole rings is 1. The number of methoxy groups -OCH3 is 2. The van der Waals surface area contributed by atoms with Gasteiger partial charge in [-0.15, -0.1) is 0 Å². The van der Waals surface area contributed by atoms with E-state index in [-0.39, 0.29) is 0 Å². The fourth-order valence-corrected chi connectivity index (χ4v) is 3.08. The molecule has 4 heteroatoms. The molecular formula is C21H26N2O2. The van der Waals surface area contributed by atoms with E-state index in [4.69, 9.17) is 14.5 Å². The van der Waals surface area contributed by atoms with Crippen LogP contribution in [0.2, 0.25) is 0 Å². The number of ether oxygens (including phenoxy) is 2. The Balaban J connectivity index is 1.99. The number of hydrogen-bond donors (Lipinski definition) is 0. The van der Waals surface area contributed by atoms with Crippen molar-refractivity contribution in [2.45, 2.75) is 33.2 Å². The number of nitrogens with zero attached hydrogens (tertiary/aromatic N) is 2. The molecule has 0 spiro atoms. The van der Waals surface area contributed by atoms with Crippen LogP contribution in [0.15, 0.2) is 42.5 Å². The van der Waals surface area contributed by atoms with Crippen molar-refractivity contribution in [3.05, 3.63) is 53.9 Å². The van der Waals surface area contributed by atoms with Crippen molar-refractivity contribution >= 4 is 11.0 Å². The molecule has 0 fully saturated rings. The largest absolute Gasteiger partial charge is 0.493 e. The first-order valence-corrected chi connectivity index (χ1v) is 8.81. The summed E-state index contributed by atoms with van der Waals surface area (Å²) in [6, 6.07) is 14.4. The number of hydrogen-bond acceptors (Lipinski definition) is 3. The lowest BCUT2D eigenvalue weighted by molar-refractivity contribution is 0.354. The maximum atomic E-state index is 5.43. The van der Waals surface area contributed by atoms with E-state index in [0.29, 0.717) is 5.92 Å². The summed E-state index contributed by atoms with van der Waals surface area (Å²) in [4.78, 5) is 4.88. The van der Waals surface area contributed by atoms with Gasteiger partial charge in [0.2, 0.25) is 0 Å². The van der Waals surface area contributed by atoms with Gasteiger partial charge in [-0.1, -0.05) is 38.5 Å². The Hall–Kier alpha value is -2.49. The van der Waals surface area contributed by atoms with Gasteiger partial charge in [0, 0.05) is 13.0 Å². The highest BCUT2D eigenvalue weighted by molar-refractivity contribution is 5.76. The Kier molecular flexibility index (Phi) is 5.27. The van der Waals surface area contributed by atoms with Crippen molar-refractivity contribution in [3.63, 3.8) is 0 Å². The summed E-state index contributed by atoms with van der Waals surface area (Å²) in [6.07, 6.45) is 1.92. The Morgan fingerprint density at radius 1 is 1.04 bits per heavy atom. The molecule has 1 atom stereocenters. The van der Waals surface area contributed by atoms with Crippen LogP contribution in [0.25, 0.3) is 11.0 Å². The molecule has 0 N–H and O–H groups in total. The van der Waals surface area contributed by atoms with Gasteiger partial charge in [-0.05, 0) is 35.7 Å². The lowest BCUT2D eigenvalue weighted by Crippen LogP contribution is -2.10. The van der Waals surface area contributed by atoms with Gasteiger partial charge in [-0.25, -0.2) is 4.98 Å². The average Bonchev–Trinajstić information content (AvgIpc) is 2.98. The summed E-state index contributed by atoms with van der Waals surface area (Å²) in [5.74, 6) is 3.21. The predicted molar refractivity (Wildman–Crippen MR) is 102 cm³/mol. The summed E-state index contributed by atoms with van der Waals surface area (Å²) in [7, 11) is 3.32. The van der Waals surface area contributed by atoms with Crippen molar-refractivity contribution in [3.8, 4) is 11.5 Å². The van der Waals surface area contributed by atoms with E-state index >= 15 is 0 Å². The molecule has 0 bridgehead atoms. The normalized spacial score (nSPS) is 12.3. The number of rotatable bonds is 7. The molecule has 0 amide bonds. The first-order chi connectivity index (χ1) is 12.2. The fourth-order valence-electron chi connectivity index (χ4n) is 3.08. The van der Waals surface area contributed by atoms with Crippen LogP contribution in [0.5, 0.6) is 11.5 Å². The Bertz CT molecular complexity index is 854. The topological polar surface area (TPSA) is 36.3 Å². The van der Waals surface area contributed by atoms with Gasteiger partial charge in [0.15, 0.2) is 11.5 Å². The van der Waals surface area contributed by atoms with Gasteiger partial charge < -0.3 is 14.0 Å². The van der Waals surface area contributed by atoms with Gasteiger partial charge in [0.1, 0.15) is 5.82 Å². The van der Waals surface area contributed by atoms with E-state index in [1.807, 2.05) is 18.2 Å². The van der Waals surface area contributed by atoms with Gasteiger partial charge in [-0.3, -0.25) is 0 Å². The summed E-state index contributed by atoms with van der Waals surface area (Å²) in [5.41, 5.74) is 3.43. The van der Waals surface area contributed by atoms with Crippen LogP contribution in [-0.4, -0.2) is 23.8 Å². The van der Waals surface area contributed by atoms with Crippen LogP contribution < -0.4 is 9.47 Å². The van der Waals surface area contributed by atoms with Crippen LogP contribution in [0, 0.1) is 5.92 Å². The molecule has 1 unspecified atom stereocenters.